The molecule has 1 N–H and O–H groups in total. The molecule has 0 radical (unpaired) electrons. The molecule has 0 bridgehead atoms. The van der Waals surface area contributed by atoms with Crippen molar-refractivity contribution >= 4 is 24.0 Å². The fourth-order valence-electron chi connectivity index (χ4n) is 1.10. The average molecular weight is 250 g/mol. The van der Waals surface area contributed by atoms with Gasteiger partial charge in [-0.25, -0.2) is 0 Å². The van der Waals surface area contributed by atoms with Crippen LogP contribution in [0.2, 0.25) is 0 Å². The Morgan fingerprint density at radius 1 is 1.33 bits per heavy atom. The highest BCUT2D eigenvalue weighted by molar-refractivity contribution is 6.18. The normalized spacial score (nSPS) is 11.6. The summed E-state index contributed by atoms with van der Waals surface area (Å²) in [6.07, 6.45) is 0. The largest absolute Gasteiger partial charge is 0.492 e. The molecule has 1 aromatic carbocycles. The highest BCUT2D eigenvalue weighted by Crippen LogP contribution is 2.08. The van der Waals surface area contributed by atoms with E-state index in [1.165, 1.54) is 0 Å². The lowest BCUT2D eigenvalue weighted by atomic mass is 10.3. The van der Waals surface area contributed by atoms with Crippen LogP contribution in [0.1, 0.15) is 6.92 Å². The maximum atomic E-state index is 5.56. The molecule has 0 aliphatic heterocycles. The molecule has 0 saturated carbocycles. The molecule has 0 amide bonds. The Labute approximate surface area is 102 Å². The summed E-state index contributed by atoms with van der Waals surface area (Å²) in [5.74, 6) is 1.54. The molecule has 1 aromatic rings. The molecular weight excluding hydrogens is 233 g/mol. The summed E-state index contributed by atoms with van der Waals surface area (Å²) >= 11 is 5.56. The average Bonchev–Trinajstić information content (AvgIpc) is 2.25. The molecule has 0 aliphatic rings. The van der Waals surface area contributed by atoms with Crippen molar-refractivity contribution in [1.29, 1.82) is 0 Å². The number of nitrogens with one attached hydrogen (secondary N) is 1. The van der Waals surface area contributed by atoms with Crippen LogP contribution >= 0.6 is 24.0 Å². The van der Waals surface area contributed by atoms with E-state index in [0.29, 0.717) is 18.5 Å². The van der Waals surface area contributed by atoms with E-state index in [1.54, 1.807) is 0 Å². The van der Waals surface area contributed by atoms with E-state index in [2.05, 4.69) is 12.2 Å². The topological polar surface area (TPSA) is 21.3 Å². The number of rotatable bonds is 6. The minimum absolute atomic E-state index is 0. The van der Waals surface area contributed by atoms with E-state index in [-0.39, 0.29) is 12.4 Å². The fourth-order valence-corrected chi connectivity index (χ4v) is 1.21. The van der Waals surface area contributed by atoms with Crippen LogP contribution in [-0.4, -0.2) is 25.1 Å². The maximum absolute atomic E-state index is 5.56. The summed E-state index contributed by atoms with van der Waals surface area (Å²) in [7, 11) is 0. The summed E-state index contributed by atoms with van der Waals surface area (Å²) in [6.45, 7) is 3.57. The first-order valence-electron chi connectivity index (χ1n) is 4.80. The van der Waals surface area contributed by atoms with Gasteiger partial charge in [0.15, 0.2) is 0 Å². The molecule has 0 heterocycles. The van der Waals surface area contributed by atoms with Gasteiger partial charge in [-0.3, -0.25) is 0 Å². The molecule has 0 aromatic heterocycles. The zero-order chi connectivity index (χ0) is 10.2. The van der Waals surface area contributed by atoms with Crippen LogP contribution in [0.15, 0.2) is 30.3 Å². The summed E-state index contributed by atoms with van der Waals surface area (Å²) < 4.78 is 5.56. The predicted molar refractivity (Wildman–Crippen MR) is 67.4 cm³/mol. The summed E-state index contributed by atoms with van der Waals surface area (Å²) in [5, 5.41) is 3.25. The van der Waals surface area contributed by atoms with E-state index < -0.39 is 0 Å². The zero-order valence-corrected chi connectivity index (χ0v) is 10.4. The number of alkyl halides is 1. The highest BCUT2D eigenvalue weighted by atomic mass is 35.5. The third kappa shape index (κ3) is 6.61. The monoisotopic (exact) mass is 249 g/mol. The molecule has 1 rings (SSSR count). The van der Waals surface area contributed by atoms with Crippen LogP contribution in [0.5, 0.6) is 5.75 Å². The second kappa shape index (κ2) is 8.84. The van der Waals surface area contributed by atoms with Gasteiger partial charge in [0.25, 0.3) is 0 Å². The molecular formula is C11H17Cl2NO. The van der Waals surface area contributed by atoms with Gasteiger partial charge in [-0.1, -0.05) is 18.2 Å². The van der Waals surface area contributed by atoms with Crippen LogP contribution in [0.3, 0.4) is 0 Å². The van der Waals surface area contributed by atoms with Gasteiger partial charge in [0, 0.05) is 18.5 Å². The fraction of sp³-hybridized carbons (Fsp3) is 0.455. The second-order valence-electron chi connectivity index (χ2n) is 3.17. The SMILES string of the molecule is CC(COc1ccccc1)NCCCl.Cl. The van der Waals surface area contributed by atoms with Crippen LogP contribution in [0.4, 0.5) is 0 Å². The Morgan fingerprint density at radius 3 is 2.60 bits per heavy atom. The quantitative estimate of drug-likeness (QED) is 0.784. The molecule has 0 spiro atoms. The summed E-state index contributed by atoms with van der Waals surface area (Å²) in [5.41, 5.74) is 0. The Hall–Kier alpha value is -0.440. The van der Waals surface area contributed by atoms with Crippen molar-refractivity contribution in [3.63, 3.8) is 0 Å². The van der Waals surface area contributed by atoms with E-state index >= 15 is 0 Å². The third-order valence-corrected chi connectivity index (χ3v) is 2.02. The van der Waals surface area contributed by atoms with Gasteiger partial charge < -0.3 is 10.1 Å². The molecule has 15 heavy (non-hydrogen) atoms. The number of halogens is 2. The van der Waals surface area contributed by atoms with E-state index in [9.17, 15) is 0 Å². The Morgan fingerprint density at radius 2 is 2.00 bits per heavy atom. The first-order valence-corrected chi connectivity index (χ1v) is 5.33. The van der Waals surface area contributed by atoms with Crippen molar-refractivity contribution in [2.24, 2.45) is 0 Å². The number of ether oxygens (including phenoxy) is 1. The van der Waals surface area contributed by atoms with E-state index in [1.807, 2.05) is 30.3 Å². The van der Waals surface area contributed by atoms with Crippen molar-refractivity contribution in [3.05, 3.63) is 30.3 Å². The summed E-state index contributed by atoms with van der Waals surface area (Å²) in [6, 6.07) is 10.1. The molecule has 1 atom stereocenters. The van der Waals surface area contributed by atoms with E-state index in [0.717, 1.165) is 12.3 Å². The lowest BCUT2D eigenvalue weighted by Gasteiger charge is -2.13. The van der Waals surface area contributed by atoms with Crippen molar-refractivity contribution in [3.8, 4) is 5.75 Å². The van der Waals surface area contributed by atoms with Crippen molar-refractivity contribution in [1.82, 2.24) is 5.32 Å². The molecule has 0 aliphatic carbocycles. The Balaban J connectivity index is 0.00000196. The zero-order valence-electron chi connectivity index (χ0n) is 8.78. The molecule has 0 fully saturated rings. The molecule has 86 valence electrons. The van der Waals surface area contributed by atoms with Gasteiger partial charge in [0.1, 0.15) is 12.4 Å². The van der Waals surface area contributed by atoms with Crippen molar-refractivity contribution in [2.45, 2.75) is 13.0 Å². The van der Waals surface area contributed by atoms with Gasteiger partial charge in [0.05, 0.1) is 0 Å². The minimum Gasteiger partial charge on any atom is -0.492 e. The lowest BCUT2D eigenvalue weighted by molar-refractivity contribution is 0.275. The highest BCUT2D eigenvalue weighted by Gasteiger charge is 2.00. The minimum atomic E-state index is 0. The molecule has 0 saturated heterocycles. The number of benzene rings is 1. The standard InChI is InChI=1S/C11H16ClNO.ClH/c1-10(13-8-7-12)9-14-11-5-3-2-4-6-11;/h2-6,10,13H,7-9H2,1H3;1H. The smallest absolute Gasteiger partial charge is 0.119 e. The Bertz CT molecular complexity index is 244. The lowest BCUT2D eigenvalue weighted by Crippen LogP contribution is -2.33. The van der Waals surface area contributed by atoms with Crippen LogP contribution < -0.4 is 10.1 Å². The number of hydrogen-bond donors (Lipinski definition) is 1. The van der Waals surface area contributed by atoms with E-state index in [4.69, 9.17) is 16.3 Å². The van der Waals surface area contributed by atoms with Crippen LogP contribution in [0.25, 0.3) is 0 Å². The second-order valence-corrected chi connectivity index (χ2v) is 3.55. The van der Waals surface area contributed by atoms with Crippen LogP contribution in [0, 0.1) is 0 Å². The predicted octanol–water partition coefficient (Wildman–Crippen LogP) is 2.70. The molecule has 4 heteroatoms. The Kier molecular flexibility index (Phi) is 8.58. The van der Waals surface area contributed by atoms with Gasteiger partial charge in [-0.15, -0.1) is 24.0 Å². The van der Waals surface area contributed by atoms with Gasteiger partial charge in [-0.2, -0.15) is 0 Å². The summed E-state index contributed by atoms with van der Waals surface area (Å²) in [4.78, 5) is 0. The third-order valence-electron chi connectivity index (χ3n) is 1.83. The van der Waals surface area contributed by atoms with Crippen LogP contribution in [-0.2, 0) is 0 Å². The van der Waals surface area contributed by atoms with Gasteiger partial charge in [0.2, 0.25) is 0 Å². The molecule has 1 unspecified atom stereocenters. The molecule has 2 nitrogen and oxygen atoms in total. The van der Waals surface area contributed by atoms with Gasteiger partial charge in [-0.05, 0) is 19.1 Å². The van der Waals surface area contributed by atoms with Crippen molar-refractivity contribution in [2.75, 3.05) is 19.0 Å². The first kappa shape index (κ1) is 14.6. The number of hydrogen-bond acceptors (Lipinski definition) is 2. The van der Waals surface area contributed by atoms with Gasteiger partial charge >= 0.3 is 0 Å². The maximum Gasteiger partial charge on any atom is 0.119 e. The van der Waals surface area contributed by atoms with Crippen molar-refractivity contribution < 1.29 is 4.74 Å². The number of para-hydroxylation sites is 1. The first-order chi connectivity index (χ1) is 6.83.